The number of methoxy groups -OCH3 is 1. The van der Waals surface area contributed by atoms with Crippen LogP contribution < -0.4 is 5.32 Å². The van der Waals surface area contributed by atoms with Crippen LogP contribution in [-0.4, -0.2) is 33.8 Å². The third-order valence-electron chi connectivity index (χ3n) is 1.72. The van der Waals surface area contributed by atoms with E-state index < -0.39 is 5.82 Å². The molecule has 0 bridgehead atoms. The lowest BCUT2D eigenvalue weighted by Crippen LogP contribution is -1.98. The summed E-state index contributed by atoms with van der Waals surface area (Å²) in [5.41, 5.74) is 0.960. The molecule has 1 aromatic rings. The average molecular weight is 226 g/mol. The van der Waals surface area contributed by atoms with Gasteiger partial charge in [0, 0.05) is 38.7 Å². The predicted molar refractivity (Wildman–Crippen MR) is 62.2 cm³/mol. The Labute approximate surface area is 93.9 Å². The number of benzene rings is 1. The number of nitrogens with one attached hydrogen (secondary N) is 2. The minimum Gasteiger partial charge on any atom is -0.388 e. The number of aldehydes is 1. The van der Waals surface area contributed by atoms with Crippen LogP contribution in [0.2, 0.25) is 0 Å². The highest BCUT2D eigenvalue weighted by Crippen LogP contribution is 2.17. The molecule has 0 saturated carbocycles. The van der Waals surface area contributed by atoms with Gasteiger partial charge in [0.2, 0.25) is 0 Å². The Morgan fingerprint density at radius 2 is 1.94 bits per heavy atom. The third-order valence-corrected chi connectivity index (χ3v) is 1.72. The van der Waals surface area contributed by atoms with Crippen LogP contribution in [0.4, 0.5) is 10.1 Å². The smallest absolute Gasteiger partial charge is 0.153 e. The van der Waals surface area contributed by atoms with E-state index in [1.165, 1.54) is 12.1 Å². The summed E-state index contributed by atoms with van der Waals surface area (Å²) in [6.07, 6.45) is 1.50. The molecule has 0 saturated heterocycles. The Hall–Kier alpha value is -1.75. The highest BCUT2D eigenvalue weighted by molar-refractivity contribution is 5.89. The van der Waals surface area contributed by atoms with Crippen molar-refractivity contribution in [3.63, 3.8) is 0 Å². The van der Waals surface area contributed by atoms with Gasteiger partial charge < -0.3 is 15.5 Å². The highest BCUT2D eigenvalue weighted by atomic mass is 19.1. The summed E-state index contributed by atoms with van der Waals surface area (Å²) in [6, 6.07) is 2.53. The van der Waals surface area contributed by atoms with E-state index in [-0.39, 0.29) is 5.56 Å². The zero-order valence-electron chi connectivity index (χ0n) is 9.50. The minimum absolute atomic E-state index is 0.0301. The minimum atomic E-state index is -0.579. The van der Waals surface area contributed by atoms with E-state index in [9.17, 15) is 9.18 Å². The molecule has 5 heteroatoms. The Balaban J connectivity index is 0.000000673. The second-order valence-electron chi connectivity index (χ2n) is 2.88. The van der Waals surface area contributed by atoms with Crippen LogP contribution in [0.15, 0.2) is 12.1 Å². The molecule has 0 fully saturated rings. The van der Waals surface area contributed by atoms with Crippen molar-refractivity contribution in [2.24, 2.45) is 0 Å². The molecule has 0 aliphatic heterocycles. The zero-order chi connectivity index (χ0) is 12.6. The molecule has 0 radical (unpaired) electrons. The van der Waals surface area contributed by atoms with Crippen molar-refractivity contribution in [1.29, 1.82) is 5.41 Å². The molecule has 1 rings (SSSR count). The van der Waals surface area contributed by atoms with Crippen molar-refractivity contribution in [3.05, 3.63) is 29.1 Å². The monoisotopic (exact) mass is 226 g/mol. The fourth-order valence-electron chi connectivity index (χ4n) is 1.03. The fraction of sp³-hybridized carbons (Fsp3) is 0.273. The van der Waals surface area contributed by atoms with Crippen LogP contribution in [0.5, 0.6) is 0 Å². The maximum atomic E-state index is 13.0. The van der Waals surface area contributed by atoms with E-state index >= 15 is 0 Å². The van der Waals surface area contributed by atoms with Gasteiger partial charge in [-0.05, 0) is 12.1 Å². The second kappa shape index (κ2) is 7.53. The van der Waals surface area contributed by atoms with Crippen LogP contribution >= 0.6 is 0 Å². The third kappa shape index (κ3) is 3.78. The maximum absolute atomic E-state index is 13.0. The van der Waals surface area contributed by atoms with Crippen molar-refractivity contribution in [2.45, 2.75) is 0 Å². The van der Waals surface area contributed by atoms with E-state index in [0.717, 1.165) is 6.21 Å². The van der Waals surface area contributed by atoms with Gasteiger partial charge in [-0.2, -0.15) is 0 Å². The van der Waals surface area contributed by atoms with Gasteiger partial charge in [-0.3, -0.25) is 4.79 Å². The lowest BCUT2D eigenvalue weighted by atomic mass is 10.1. The van der Waals surface area contributed by atoms with Gasteiger partial charge in [0.1, 0.15) is 5.82 Å². The van der Waals surface area contributed by atoms with E-state index in [0.29, 0.717) is 17.5 Å². The molecule has 0 amide bonds. The topological polar surface area (TPSA) is 62.2 Å². The van der Waals surface area contributed by atoms with Gasteiger partial charge in [0.25, 0.3) is 0 Å². The number of hydrogen-bond acceptors (Lipinski definition) is 4. The van der Waals surface area contributed by atoms with Gasteiger partial charge in [0.05, 0.1) is 5.56 Å². The number of carbonyl (C=O) groups is 1. The van der Waals surface area contributed by atoms with Crippen LogP contribution in [0.1, 0.15) is 15.9 Å². The van der Waals surface area contributed by atoms with E-state index in [4.69, 9.17) is 5.41 Å². The predicted octanol–water partition coefficient (Wildman–Crippen LogP) is 1.94. The summed E-state index contributed by atoms with van der Waals surface area (Å²) < 4.78 is 17.3. The fourth-order valence-corrected chi connectivity index (χ4v) is 1.03. The molecule has 0 unspecified atom stereocenters. The first-order valence-corrected chi connectivity index (χ1v) is 4.51. The molecule has 0 aliphatic rings. The Bertz CT molecular complexity index is 367. The molecule has 2 N–H and O–H groups in total. The van der Waals surface area contributed by atoms with Gasteiger partial charge in [-0.1, -0.05) is 0 Å². The van der Waals surface area contributed by atoms with Crippen molar-refractivity contribution in [2.75, 3.05) is 26.6 Å². The van der Waals surface area contributed by atoms with Crippen LogP contribution in [0.3, 0.4) is 0 Å². The molecule has 0 spiro atoms. The standard InChI is InChI=1S/C9H9FN2O.C2H6O/c1-12-9-3-8(10)7(5-13)2-6(9)4-11;1-3-2/h2-5,11-12H,1H3;1-2H3. The largest absolute Gasteiger partial charge is 0.388 e. The van der Waals surface area contributed by atoms with Gasteiger partial charge in [-0.15, -0.1) is 0 Å². The Kier molecular flexibility index (Phi) is 6.71. The lowest BCUT2D eigenvalue weighted by Gasteiger charge is -2.05. The molecule has 1 aromatic carbocycles. The quantitative estimate of drug-likeness (QED) is 0.611. The number of ether oxygens (including phenoxy) is 1. The highest BCUT2D eigenvalue weighted by Gasteiger charge is 2.06. The first kappa shape index (κ1) is 14.2. The molecule has 16 heavy (non-hydrogen) atoms. The molecule has 0 aromatic heterocycles. The average Bonchev–Trinajstić information content (AvgIpc) is 2.29. The summed E-state index contributed by atoms with van der Waals surface area (Å²) in [5.74, 6) is -0.579. The van der Waals surface area contributed by atoms with Crippen molar-refractivity contribution < 1.29 is 13.9 Å². The van der Waals surface area contributed by atoms with Crippen molar-refractivity contribution in [1.82, 2.24) is 0 Å². The van der Waals surface area contributed by atoms with Crippen LogP contribution in [0, 0.1) is 11.2 Å². The Morgan fingerprint density at radius 1 is 1.38 bits per heavy atom. The molecule has 0 aliphatic carbocycles. The van der Waals surface area contributed by atoms with E-state index in [2.05, 4.69) is 10.1 Å². The van der Waals surface area contributed by atoms with Crippen LogP contribution in [-0.2, 0) is 4.74 Å². The SMILES string of the molecule is CNc1cc(F)c(C=O)cc1C=N.COC. The normalized spacial score (nSPS) is 8.75. The summed E-state index contributed by atoms with van der Waals surface area (Å²) >= 11 is 0. The Morgan fingerprint density at radius 3 is 2.31 bits per heavy atom. The molecule has 0 atom stereocenters. The zero-order valence-corrected chi connectivity index (χ0v) is 9.50. The molecule has 4 nitrogen and oxygen atoms in total. The summed E-state index contributed by atoms with van der Waals surface area (Å²) in [4.78, 5) is 10.4. The molecule has 0 heterocycles. The second-order valence-corrected chi connectivity index (χ2v) is 2.88. The van der Waals surface area contributed by atoms with Gasteiger partial charge in [-0.25, -0.2) is 4.39 Å². The van der Waals surface area contributed by atoms with Gasteiger partial charge in [0.15, 0.2) is 6.29 Å². The van der Waals surface area contributed by atoms with E-state index in [1.54, 1.807) is 21.3 Å². The lowest BCUT2D eigenvalue weighted by molar-refractivity contribution is 0.112. The number of anilines is 1. The summed E-state index contributed by atoms with van der Waals surface area (Å²) in [5, 5.41) is 9.76. The van der Waals surface area contributed by atoms with Crippen LogP contribution in [0.25, 0.3) is 0 Å². The van der Waals surface area contributed by atoms with Crippen molar-refractivity contribution >= 4 is 18.2 Å². The summed E-state index contributed by atoms with van der Waals surface area (Å²) in [7, 11) is 4.88. The molecule has 88 valence electrons. The number of halogens is 1. The van der Waals surface area contributed by atoms with Crippen molar-refractivity contribution in [3.8, 4) is 0 Å². The molecular weight excluding hydrogens is 211 g/mol. The first-order chi connectivity index (χ1) is 7.64. The van der Waals surface area contributed by atoms with E-state index in [1.807, 2.05) is 0 Å². The summed E-state index contributed by atoms with van der Waals surface area (Å²) in [6.45, 7) is 0. The first-order valence-electron chi connectivity index (χ1n) is 4.51. The molecular formula is C11H15FN2O2. The maximum Gasteiger partial charge on any atom is 0.153 e. The number of hydrogen-bond donors (Lipinski definition) is 2. The number of carbonyl (C=O) groups excluding carboxylic acids is 1. The van der Waals surface area contributed by atoms with Gasteiger partial charge >= 0.3 is 0 Å². The number of rotatable bonds is 3.